The maximum absolute atomic E-state index is 10.8. The number of benzene rings is 2. The zero-order chi connectivity index (χ0) is 21.3. The van der Waals surface area contributed by atoms with Crippen molar-refractivity contribution in [2.75, 3.05) is 0 Å². The van der Waals surface area contributed by atoms with E-state index in [1.807, 2.05) is 49.7 Å². The summed E-state index contributed by atoms with van der Waals surface area (Å²) < 4.78 is 7.73. The molecule has 2 aromatic carbocycles. The molecule has 4 aromatic rings. The second-order valence-electron chi connectivity index (χ2n) is 6.69. The van der Waals surface area contributed by atoms with Crippen LogP contribution in [0.1, 0.15) is 23.6 Å². The molecular formula is C20H18N6O3S. The highest BCUT2D eigenvalue weighted by atomic mass is 32.2. The van der Waals surface area contributed by atoms with Gasteiger partial charge in [0, 0.05) is 30.3 Å². The lowest BCUT2D eigenvalue weighted by molar-refractivity contribution is -0.384. The molecule has 0 spiro atoms. The summed E-state index contributed by atoms with van der Waals surface area (Å²) in [5.41, 5.74) is 2.79. The number of aryl methyl sites for hydroxylation is 1. The van der Waals surface area contributed by atoms with E-state index in [0.717, 1.165) is 22.1 Å². The Labute approximate surface area is 176 Å². The highest BCUT2D eigenvalue weighted by molar-refractivity contribution is 7.99. The number of hydrogen-bond acceptors (Lipinski definition) is 8. The van der Waals surface area contributed by atoms with Gasteiger partial charge in [-0.2, -0.15) is 0 Å². The van der Waals surface area contributed by atoms with E-state index in [2.05, 4.69) is 20.4 Å². The first-order valence-electron chi connectivity index (χ1n) is 9.14. The number of nitrogens with zero attached hydrogens (tertiary/aromatic N) is 6. The Morgan fingerprint density at radius 3 is 2.50 bits per heavy atom. The third-order valence-corrected chi connectivity index (χ3v) is 5.74. The Hall–Kier alpha value is -3.53. The molecule has 9 nitrogen and oxygen atoms in total. The molecule has 0 N–H and O–H groups in total. The molecule has 0 saturated heterocycles. The molecule has 0 saturated carbocycles. The number of nitro groups is 1. The lowest BCUT2D eigenvalue weighted by Gasteiger charge is -2.08. The van der Waals surface area contributed by atoms with Gasteiger partial charge >= 0.3 is 0 Å². The molecule has 4 rings (SSSR count). The Morgan fingerprint density at radius 2 is 1.80 bits per heavy atom. The van der Waals surface area contributed by atoms with E-state index >= 15 is 0 Å². The standard InChI is InChI=1S/C20H18N6O3S/c1-12-6-4-5-7-16(12)17-21-24-20(25(17)3)30-13(2)18-22-23-19(29-18)14-8-10-15(11-9-14)26(27)28/h4-11,13H,1-3H3. The van der Waals surface area contributed by atoms with Crippen molar-refractivity contribution < 1.29 is 9.34 Å². The van der Waals surface area contributed by atoms with E-state index in [9.17, 15) is 10.1 Å². The highest BCUT2D eigenvalue weighted by Crippen LogP contribution is 2.35. The predicted molar refractivity (Wildman–Crippen MR) is 112 cm³/mol. The van der Waals surface area contributed by atoms with Gasteiger partial charge in [0.05, 0.1) is 10.2 Å². The summed E-state index contributed by atoms with van der Waals surface area (Å²) in [6, 6.07) is 14.0. The second-order valence-corrected chi connectivity index (χ2v) is 8.00. The fourth-order valence-electron chi connectivity index (χ4n) is 2.93. The number of hydrogen-bond donors (Lipinski definition) is 0. The van der Waals surface area contributed by atoms with Gasteiger partial charge < -0.3 is 8.98 Å². The van der Waals surface area contributed by atoms with Crippen LogP contribution >= 0.6 is 11.8 Å². The molecule has 0 amide bonds. The number of non-ortho nitro benzene ring substituents is 1. The minimum atomic E-state index is -0.451. The first-order valence-corrected chi connectivity index (χ1v) is 10.0. The van der Waals surface area contributed by atoms with Gasteiger partial charge in [-0.3, -0.25) is 10.1 Å². The number of rotatable bonds is 6. The lowest BCUT2D eigenvalue weighted by atomic mass is 10.1. The monoisotopic (exact) mass is 422 g/mol. The third-order valence-electron chi connectivity index (χ3n) is 4.62. The van der Waals surface area contributed by atoms with E-state index in [1.165, 1.54) is 23.9 Å². The fourth-order valence-corrected chi connectivity index (χ4v) is 3.77. The van der Waals surface area contributed by atoms with Crippen LogP contribution in [0.2, 0.25) is 0 Å². The van der Waals surface area contributed by atoms with E-state index in [1.54, 1.807) is 12.1 Å². The van der Waals surface area contributed by atoms with Crippen LogP contribution in [0.5, 0.6) is 0 Å². The van der Waals surface area contributed by atoms with Crippen molar-refractivity contribution in [3.05, 3.63) is 70.1 Å². The van der Waals surface area contributed by atoms with E-state index in [-0.39, 0.29) is 10.9 Å². The van der Waals surface area contributed by atoms with Gasteiger partial charge in [0.1, 0.15) is 0 Å². The Kier molecular flexibility index (Phi) is 5.32. The van der Waals surface area contributed by atoms with Crippen LogP contribution in [0, 0.1) is 17.0 Å². The van der Waals surface area contributed by atoms with Crippen molar-refractivity contribution in [3.8, 4) is 22.8 Å². The normalized spacial score (nSPS) is 12.1. The van der Waals surface area contributed by atoms with E-state index in [0.29, 0.717) is 17.3 Å². The van der Waals surface area contributed by atoms with Gasteiger partial charge in [0.25, 0.3) is 5.69 Å². The summed E-state index contributed by atoms with van der Waals surface area (Å²) in [4.78, 5) is 10.3. The quantitative estimate of drug-likeness (QED) is 0.252. The molecule has 1 unspecified atom stereocenters. The third kappa shape index (κ3) is 3.81. The van der Waals surface area contributed by atoms with Crippen LogP contribution in [0.25, 0.3) is 22.8 Å². The maximum atomic E-state index is 10.8. The van der Waals surface area contributed by atoms with Crippen LogP contribution in [-0.4, -0.2) is 29.9 Å². The van der Waals surface area contributed by atoms with Crippen LogP contribution < -0.4 is 0 Å². The van der Waals surface area contributed by atoms with Crippen molar-refractivity contribution >= 4 is 17.4 Å². The molecule has 10 heteroatoms. The van der Waals surface area contributed by atoms with Crippen molar-refractivity contribution in [2.45, 2.75) is 24.3 Å². The zero-order valence-electron chi connectivity index (χ0n) is 16.5. The first kappa shape index (κ1) is 19.8. The summed E-state index contributed by atoms with van der Waals surface area (Å²) in [5, 5.41) is 28.2. The van der Waals surface area contributed by atoms with Gasteiger partial charge in [-0.1, -0.05) is 36.0 Å². The molecule has 1 atom stereocenters. The van der Waals surface area contributed by atoms with Crippen LogP contribution in [0.15, 0.2) is 58.1 Å². The average Bonchev–Trinajstić information content (AvgIpc) is 3.37. The first-order chi connectivity index (χ1) is 14.4. The fraction of sp³-hybridized carbons (Fsp3) is 0.200. The minimum absolute atomic E-state index is 0.00847. The van der Waals surface area contributed by atoms with Crippen LogP contribution in [0.3, 0.4) is 0 Å². The smallest absolute Gasteiger partial charge is 0.269 e. The maximum Gasteiger partial charge on any atom is 0.269 e. The largest absolute Gasteiger partial charge is 0.419 e. The molecule has 2 heterocycles. The van der Waals surface area contributed by atoms with Crippen molar-refractivity contribution in [2.24, 2.45) is 7.05 Å². The molecule has 0 aliphatic heterocycles. The van der Waals surface area contributed by atoms with Crippen LogP contribution in [0.4, 0.5) is 5.69 Å². The Bertz CT molecular complexity index is 1200. The summed E-state index contributed by atoms with van der Waals surface area (Å²) >= 11 is 1.46. The van der Waals surface area contributed by atoms with Crippen molar-refractivity contribution in [1.29, 1.82) is 0 Å². The number of aromatic nitrogens is 5. The van der Waals surface area contributed by atoms with Crippen LogP contribution in [-0.2, 0) is 7.05 Å². The molecule has 0 aliphatic rings. The summed E-state index contributed by atoms with van der Waals surface area (Å²) in [5.74, 6) is 1.54. The van der Waals surface area contributed by atoms with Gasteiger partial charge in [-0.25, -0.2) is 0 Å². The summed E-state index contributed by atoms with van der Waals surface area (Å²) in [6.07, 6.45) is 0. The molecular weight excluding hydrogens is 404 g/mol. The van der Waals surface area contributed by atoms with Gasteiger partial charge in [-0.15, -0.1) is 20.4 Å². The van der Waals surface area contributed by atoms with Gasteiger partial charge in [-0.05, 0) is 31.5 Å². The lowest BCUT2D eigenvalue weighted by Crippen LogP contribution is -1.98. The second kappa shape index (κ2) is 8.07. The molecule has 30 heavy (non-hydrogen) atoms. The number of thioether (sulfide) groups is 1. The molecule has 152 valence electrons. The molecule has 0 aliphatic carbocycles. The highest BCUT2D eigenvalue weighted by Gasteiger charge is 2.21. The average molecular weight is 422 g/mol. The van der Waals surface area contributed by atoms with E-state index in [4.69, 9.17) is 4.42 Å². The minimum Gasteiger partial charge on any atom is -0.419 e. The van der Waals surface area contributed by atoms with Gasteiger partial charge in [0.15, 0.2) is 11.0 Å². The van der Waals surface area contributed by atoms with E-state index < -0.39 is 4.92 Å². The zero-order valence-corrected chi connectivity index (χ0v) is 17.3. The molecule has 0 bridgehead atoms. The SMILES string of the molecule is Cc1ccccc1-c1nnc(SC(C)c2nnc(-c3ccc([N+](=O)[O-])cc3)o2)n1C. The Morgan fingerprint density at radius 1 is 1.07 bits per heavy atom. The van der Waals surface area contributed by atoms with Crippen molar-refractivity contribution in [1.82, 2.24) is 25.0 Å². The Balaban J connectivity index is 1.52. The number of nitro benzene ring substituents is 1. The molecule has 0 radical (unpaired) electrons. The van der Waals surface area contributed by atoms with Crippen molar-refractivity contribution in [3.63, 3.8) is 0 Å². The summed E-state index contributed by atoms with van der Waals surface area (Å²) in [6.45, 7) is 3.98. The van der Waals surface area contributed by atoms with Gasteiger partial charge in [0.2, 0.25) is 11.8 Å². The molecule has 0 fully saturated rings. The summed E-state index contributed by atoms with van der Waals surface area (Å²) in [7, 11) is 1.92. The molecule has 2 aromatic heterocycles. The predicted octanol–water partition coefficient (Wildman–Crippen LogP) is 4.60. The topological polar surface area (TPSA) is 113 Å².